The topological polar surface area (TPSA) is 75.6 Å². The summed E-state index contributed by atoms with van der Waals surface area (Å²) < 4.78 is 35.4. The lowest BCUT2D eigenvalue weighted by molar-refractivity contribution is -0.121. The fourth-order valence-electron chi connectivity index (χ4n) is 2.11. The molecule has 108 valence electrons. The smallest absolute Gasteiger partial charge is 0.240 e. The second-order valence-electron chi connectivity index (χ2n) is 4.82. The first-order valence-electron chi connectivity index (χ1n) is 6.22. The number of benzene rings is 1. The molecule has 0 bridgehead atoms. The van der Waals surface area contributed by atoms with Crippen LogP contribution in [-0.4, -0.2) is 32.0 Å². The molecule has 1 aromatic rings. The quantitative estimate of drug-likeness (QED) is 0.668. The van der Waals surface area contributed by atoms with Gasteiger partial charge >= 0.3 is 0 Å². The molecule has 7 heteroatoms. The van der Waals surface area contributed by atoms with Gasteiger partial charge in [-0.3, -0.25) is 4.79 Å². The van der Waals surface area contributed by atoms with Crippen LogP contribution in [-0.2, 0) is 14.6 Å². The number of carbonyl (C=O) groups is 1. The van der Waals surface area contributed by atoms with Crippen LogP contribution < -0.4 is 5.43 Å². The Morgan fingerprint density at radius 3 is 2.95 bits per heavy atom. The van der Waals surface area contributed by atoms with Crippen LogP contribution in [0.5, 0.6) is 0 Å². The summed E-state index contributed by atoms with van der Waals surface area (Å²) in [5.41, 5.74) is 2.85. The zero-order chi connectivity index (χ0) is 14.6. The van der Waals surface area contributed by atoms with Crippen molar-refractivity contribution in [3.63, 3.8) is 0 Å². The number of rotatable bonds is 4. The number of nitrogens with one attached hydrogen (secondary N) is 1. The summed E-state index contributed by atoms with van der Waals surface area (Å²) >= 11 is 0. The molecule has 2 rings (SSSR count). The van der Waals surface area contributed by atoms with Crippen LogP contribution >= 0.6 is 0 Å². The Morgan fingerprint density at radius 2 is 2.30 bits per heavy atom. The van der Waals surface area contributed by atoms with Crippen molar-refractivity contribution in [2.45, 2.75) is 12.8 Å². The van der Waals surface area contributed by atoms with E-state index in [0.717, 1.165) is 0 Å². The molecule has 0 aromatic heterocycles. The van der Waals surface area contributed by atoms with Crippen molar-refractivity contribution < 1.29 is 17.6 Å². The van der Waals surface area contributed by atoms with Crippen molar-refractivity contribution in [1.82, 2.24) is 5.43 Å². The molecule has 1 amide bonds. The van der Waals surface area contributed by atoms with Crippen LogP contribution in [0.4, 0.5) is 4.39 Å². The minimum absolute atomic E-state index is 0.0635. The maximum Gasteiger partial charge on any atom is 0.240 e. The monoisotopic (exact) mass is 298 g/mol. The van der Waals surface area contributed by atoms with Crippen LogP contribution in [0, 0.1) is 11.7 Å². The summed E-state index contributed by atoms with van der Waals surface area (Å²) in [6.45, 7) is 0. The van der Waals surface area contributed by atoms with E-state index in [0.29, 0.717) is 12.0 Å². The molecule has 20 heavy (non-hydrogen) atoms. The maximum atomic E-state index is 12.9. The third-order valence-corrected chi connectivity index (χ3v) is 4.89. The largest absolute Gasteiger partial charge is 0.273 e. The molecule has 0 spiro atoms. The molecule has 1 aromatic carbocycles. The molecule has 5 nitrogen and oxygen atoms in total. The molecule has 0 saturated carbocycles. The van der Waals surface area contributed by atoms with Crippen molar-refractivity contribution in [2.75, 3.05) is 11.5 Å². The van der Waals surface area contributed by atoms with Gasteiger partial charge in [-0.25, -0.2) is 18.2 Å². The number of sulfone groups is 1. The van der Waals surface area contributed by atoms with Crippen molar-refractivity contribution in [2.24, 2.45) is 11.0 Å². The predicted molar refractivity (Wildman–Crippen MR) is 73.5 cm³/mol. The normalized spacial score (nSPS) is 21.1. The lowest BCUT2D eigenvalue weighted by Gasteiger charge is -2.05. The van der Waals surface area contributed by atoms with Crippen LogP contribution in [0.2, 0.25) is 0 Å². The summed E-state index contributed by atoms with van der Waals surface area (Å²) in [4.78, 5) is 11.6. The number of hydrogen-bond donors (Lipinski definition) is 1. The standard InChI is InChI=1S/C13H15FN2O3S/c14-12-3-1-2-10(6-12)8-15-16-13(17)7-11-4-5-20(18,19)9-11/h1-3,6,8,11H,4-5,7,9H2,(H,16,17)/b15-8-/t11-/m1/s1. The van der Waals surface area contributed by atoms with Gasteiger partial charge in [-0.05, 0) is 30.0 Å². The van der Waals surface area contributed by atoms with Crippen molar-refractivity contribution in [3.8, 4) is 0 Å². The first-order chi connectivity index (χ1) is 9.44. The second kappa shape index (κ2) is 6.13. The van der Waals surface area contributed by atoms with E-state index in [1.54, 1.807) is 12.1 Å². The van der Waals surface area contributed by atoms with Crippen LogP contribution in [0.15, 0.2) is 29.4 Å². The van der Waals surface area contributed by atoms with Crippen LogP contribution in [0.1, 0.15) is 18.4 Å². The van der Waals surface area contributed by atoms with Gasteiger partial charge < -0.3 is 0 Å². The molecule has 1 saturated heterocycles. The highest BCUT2D eigenvalue weighted by molar-refractivity contribution is 7.91. The molecule has 0 unspecified atom stereocenters. The van der Waals surface area contributed by atoms with Gasteiger partial charge in [0.25, 0.3) is 0 Å². The molecular weight excluding hydrogens is 283 g/mol. The summed E-state index contributed by atoms with van der Waals surface area (Å²) in [6, 6.07) is 5.81. The van der Waals surface area contributed by atoms with Crippen LogP contribution in [0.3, 0.4) is 0 Å². The van der Waals surface area contributed by atoms with Crippen molar-refractivity contribution in [1.29, 1.82) is 0 Å². The number of hydrogen-bond acceptors (Lipinski definition) is 4. The number of amides is 1. The van der Waals surface area contributed by atoms with E-state index < -0.39 is 9.84 Å². The van der Waals surface area contributed by atoms with Gasteiger partial charge in [0.15, 0.2) is 9.84 Å². The van der Waals surface area contributed by atoms with Crippen molar-refractivity contribution >= 4 is 22.0 Å². The average Bonchev–Trinajstić information content (AvgIpc) is 2.68. The van der Waals surface area contributed by atoms with E-state index in [1.165, 1.54) is 18.3 Å². The summed E-state index contributed by atoms with van der Waals surface area (Å²) in [6.07, 6.45) is 2.00. The Balaban J connectivity index is 1.81. The summed E-state index contributed by atoms with van der Waals surface area (Å²) in [7, 11) is -2.97. The first kappa shape index (κ1) is 14.6. The van der Waals surface area contributed by atoms with Gasteiger partial charge in [-0.15, -0.1) is 0 Å². The van der Waals surface area contributed by atoms with Gasteiger partial charge in [-0.2, -0.15) is 5.10 Å². The van der Waals surface area contributed by atoms with Crippen molar-refractivity contribution in [3.05, 3.63) is 35.6 Å². The molecule has 0 aliphatic carbocycles. The highest BCUT2D eigenvalue weighted by Crippen LogP contribution is 2.21. The molecule has 0 radical (unpaired) electrons. The number of hydrazone groups is 1. The first-order valence-corrected chi connectivity index (χ1v) is 8.05. The van der Waals surface area contributed by atoms with Crippen LogP contribution in [0.25, 0.3) is 0 Å². The molecule has 1 aliphatic rings. The Hall–Kier alpha value is -1.76. The Kier molecular flexibility index (Phi) is 4.49. The third-order valence-electron chi connectivity index (χ3n) is 3.05. The Labute approximate surface area is 116 Å². The van der Waals surface area contributed by atoms with E-state index >= 15 is 0 Å². The fourth-order valence-corrected chi connectivity index (χ4v) is 3.97. The molecule has 1 aliphatic heterocycles. The van der Waals surface area contributed by atoms with Gasteiger partial charge in [0.1, 0.15) is 5.82 Å². The number of nitrogens with zero attached hydrogens (tertiary/aromatic N) is 1. The Morgan fingerprint density at radius 1 is 1.50 bits per heavy atom. The van der Waals surface area contributed by atoms with E-state index in [4.69, 9.17) is 0 Å². The minimum Gasteiger partial charge on any atom is -0.273 e. The zero-order valence-electron chi connectivity index (χ0n) is 10.8. The van der Waals surface area contributed by atoms with E-state index in [1.807, 2.05) is 0 Å². The maximum absolute atomic E-state index is 12.9. The lowest BCUT2D eigenvalue weighted by atomic mass is 10.1. The van der Waals surface area contributed by atoms with E-state index in [9.17, 15) is 17.6 Å². The van der Waals surface area contributed by atoms with Gasteiger partial charge in [0.05, 0.1) is 17.7 Å². The van der Waals surface area contributed by atoms with E-state index in [-0.39, 0.29) is 35.6 Å². The summed E-state index contributed by atoms with van der Waals surface area (Å²) in [5, 5.41) is 3.72. The van der Waals surface area contributed by atoms with Gasteiger partial charge in [0.2, 0.25) is 5.91 Å². The second-order valence-corrected chi connectivity index (χ2v) is 7.05. The number of halogens is 1. The highest BCUT2D eigenvalue weighted by Gasteiger charge is 2.29. The highest BCUT2D eigenvalue weighted by atomic mass is 32.2. The molecule has 1 N–H and O–H groups in total. The predicted octanol–water partition coefficient (Wildman–Crippen LogP) is 1.10. The Bertz CT molecular complexity index is 628. The zero-order valence-corrected chi connectivity index (χ0v) is 11.6. The molecule has 1 atom stereocenters. The fraction of sp³-hybridized carbons (Fsp3) is 0.385. The molecule has 1 fully saturated rings. The van der Waals surface area contributed by atoms with Gasteiger partial charge in [-0.1, -0.05) is 12.1 Å². The van der Waals surface area contributed by atoms with E-state index in [2.05, 4.69) is 10.5 Å². The number of carbonyl (C=O) groups excluding carboxylic acids is 1. The van der Waals surface area contributed by atoms with Gasteiger partial charge in [0, 0.05) is 6.42 Å². The molecular formula is C13H15FN2O3S. The lowest BCUT2D eigenvalue weighted by Crippen LogP contribution is -2.21. The third kappa shape index (κ3) is 4.41. The minimum atomic E-state index is -2.97. The average molecular weight is 298 g/mol. The molecule has 1 heterocycles. The SMILES string of the molecule is O=C(C[C@H]1CCS(=O)(=O)C1)N/N=C\c1cccc(F)c1. The summed E-state index contributed by atoms with van der Waals surface area (Å²) in [5.74, 6) is -0.633.